The normalized spacial score (nSPS) is 19.8. The van der Waals surface area contributed by atoms with Crippen LogP contribution in [0.5, 0.6) is 0 Å². The minimum atomic E-state index is -0.265. The average Bonchev–Trinajstić information content (AvgIpc) is 2.79. The highest BCUT2D eigenvalue weighted by Gasteiger charge is 2.33. The minimum Gasteiger partial charge on any atom is -0.326 e. The number of aryl methyl sites for hydroxylation is 1. The first-order valence-electron chi connectivity index (χ1n) is 10.8. The van der Waals surface area contributed by atoms with E-state index < -0.39 is 0 Å². The van der Waals surface area contributed by atoms with Crippen molar-refractivity contribution in [3.63, 3.8) is 0 Å². The standard InChI is InChI=1S/C25H27BN2O2/c1-17-6-12-20(13-7-17)28-25(30)24(26-16-29)19-10-8-18(9-11-19)21-14-15-27-23-5-3-2-4-22(21)23/h2-7,12-16,18-19,24,26H,8-11H2,1H3,(H,28,30). The number of fused-ring (bicyclic) bond motifs is 1. The van der Waals surface area contributed by atoms with Crippen molar-refractivity contribution in [1.82, 2.24) is 4.98 Å². The van der Waals surface area contributed by atoms with Crippen LogP contribution < -0.4 is 5.32 Å². The molecular formula is C25H27BN2O2. The number of benzene rings is 2. The Labute approximate surface area is 178 Å². The molecule has 0 spiro atoms. The number of amides is 1. The fourth-order valence-corrected chi connectivity index (χ4v) is 4.80. The van der Waals surface area contributed by atoms with E-state index in [0.29, 0.717) is 5.92 Å². The van der Waals surface area contributed by atoms with Crippen molar-refractivity contribution in [2.75, 3.05) is 5.32 Å². The van der Waals surface area contributed by atoms with Gasteiger partial charge < -0.3 is 10.1 Å². The number of hydrogen-bond donors (Lipinski definition) is 1. The van der Waals surface area contributed by atoms with Crippen molar-refractivity contribution in [3.8, 4) is 0 Å². The van der Waals surface area contributed by atoms with Crippen LogP contribution in [-0.2, 0) is 9.59 Å². The molecule has 4 rings (SSSR count). The smallest absolute Gasteiger partial charge is 0.220 e. The molecule has 152 valence electrons. The zero-order chi connectivity index (χ0) is 20.9. The summed E-state index contributed by atoms with van der Waals surface area (Å²) in [5.74, 6) is 0.416. The van der Waals surface area contributed by atoms with E-state index in [1.54, 1.807) is 0 Å². The van der Waals surface area contributed by atoms with E-state index >= 15 is 0 Å². The highest BCUT2D eigenvalue weighted by Crippen LogP contribution is 2.42. The molecule has 4 nitrogen and oxygen atoms in total. The number of pyridine rings is 1. The van der Waals surface area contributed by atoms with Gasteiger partial charge in [-0.15, -0.1) is 0 Å². The zero-order valence-electron chi connectivity index (χ0n) is 17.4. The Balaban J connectivity index is 1.44. The van der Waals surface area contributed by atoms with Crippen LogP contribution >= 0.6 is 0 Å². The lowest BCUT2D eigenvalue weighted by Crippen LogP contribution is -2.31. The van der Waals surface area contributed by atoms with E-state index in [0.717, 1.165) is 48.6 Å². The second-order valence-electron chi connectivity index (χ2n) is 8.39. The van der Waals surface area contributed by atoms with Crippen molar-refractivity contribution in [2.45, 2.75) is 44.3 Å². The first-order valence-corrected chi connectivity index (χ1v) is 10.8. The number of para-hydroxylation sites is 1. The van der Waals surface area contributed by atoms with Crippen LogP contribution in [0.25, 0.3) is 10.9 Å². The molecule has 1 aliphatic rings. The Bertz CT molecular complexity index is 1020. The molecule has 0 saturated heterocycles. The van der Waals surface area contributed by atoms with E-state index in [-0.39, 0.29) is 24.9 Å². The van der Waals surface area contributed by atoms with Crippen molar-refractivity contribution >= 4 is 36.0 Å². The molecule has 0 bridgehead atoms. The fraction of sp³-hybridized carbons (Fsp3) is 0.320. The molecule has 30 heavy (non-hydrogen) atoms. The van der Waals surface area contributed by atoms with Crippen LogP contribution in [0.2, 0.25) is 5.82 Å². The van der Waals surface area contributed by atoms with Crippen molar-refractivity contribution in [3.05, 3.63) is 71.9 Å². The highest BCUT2D eigenvalue weighted by molar-refractivity contribution is 6.71. The summed E-state index contributed by atoms with van der Waals surface area (Å²) < 4.78 is 0. The summed E-state index contributed by atoms with van der Waals surface area (Å²) >= 11 is 0. The minimum absolute atomic E-state index is 0.0382. The number of carbonyl (C=O) groups is 2. The predicted molar refractivity (Wildman–Crippen MR) is 124 cm³/mol. The van der Waals surface area contributed by atoms with Gasteiger partial charge in [-0.1, -0.05) is 35.9 Å². The Morgan fingerprint density at radius 2 is 1.80 bits per heavy atom. The lowest BCUT2D eigenvalue weighted by Gasteiger charge is -2.33. The molecule has 0 radical (unpaired) electrons. The number of carbonyl (C=O) groups excluding carboxylic acids is 2. The maximum absolute atomic E-state index is 12.9. The molecule has 1 atom stereocenters. The van der Waals surface area contributed by atoms with E-state index in [4.69, 9.17) is 0 Å². The van der Waals surface area contributed by atoms with Gasteiger partial charge in [-0.3, -0.25) is 9.78 Å². The Kier molecular flexibility index (Phi) is 6.27. The molecule has 1 unspecified atom stereocenters. The van der Waals surface area contributed by atoms with Crippen molar-refractivity contribution in [1.29, 1.82) is 0 Å². The summed E-state index contributed by atoms with van der Waals surface area (Å²) in [6.45, 7) is 2.02. The number of rotatable bonds is 6. The topological polar surface area (TPSA) is 59.1 Å². The van der Waals surface area contributed by atoms with Crippen LogP contribution in [0, 0.1) is 12.8 Å². The lowest BCUT2D eigenvalue weighted by molar-refractivity contribution is -0.117. The van der Waals surface area contributed by atoms with Gasteiger partial charge in [-0.25, -0.2) is 0 Å². The maximum Gasteiger partial charge on any atom is 0.220 e. The molecule has 1 fully saturated rings. The average molecular weight is 398 g/mol. The molecule has 1 aliphatic carbocycles. The third-order valence-electron chi connectivity index (χ3n) is 6.47. The van der Waals surface area contributed by atoms with Gasteiger partial charge in [0.2, 0.25) is 13.2 Å². The second-order valence-corrected chi connectivity index (χ2v) is 8.39. The van der Waals surface area contributed by atoms with E-state index in [1.165, 1.54) is 10.9 Å². The quantitative estimate of drug-likeness (QED) is 0.476. The Morgan fingerprint density at radius 1 is 1.07 bits per heavy atom. The zero-order valence-corrected chi connectivity index (χ0v) is 17.4. The van der Waals surface area contributed by atoms with Crippen LogP contribution in [-0.4, -0.2) is 24.4 Å². The predicted octanol–water partition coefficient (Wildman–Crippen LogP) is 4.87. The third-order valence-corrected chi connectivity index (χ3v) is 6.47. The van der Waals surface area contributed by atoms with Crippen LogP contribution in [0.3, 0.4) is 0 Å². The van der Waals surface area contributed by atoms with Crippen LogP contribution in [0.4, 0.5) is 5.69 Å². The highest BCUT2D eigenvalue weighted by atomic mass is 16.2. The first-order chi connectivity index (χ1) is 14.7. The number of nitrogens with zero attached hydrogens (tertiary/aromatic N) is 1. The Hall–Kier alpha value is -2.95. The van der Waals surface area contributed by atoms with Gasteiger partial charge in [0.15, 0.2) is 0 Å². The van der Waals surface area contributed by atoms with Gasteiger partial charge >= 0.3 is 0 Å². The molecule has 1 amide bonds. The summed E-state index contributed by atoms with van der Waals surface area (Å²) in [5, 5.41) is 4.24. The van der Waals surface area contributed by atoms with Crippen LogP contribution in [0.1, 0.15) is 42.7 Å². The summed E-state index contributed by atoms with van der Waals surface area (Å²) in [6, 6.07) is 18.2. The molecule has 5 heteroatoms. The largest absolute Gasteiger partial charge is 0.326 e. The van der Waals surface area contributed by atoms with Gasteiger partial charge in [0, 0.05) is 23.1 Å². The number of anilines is 1. The van der Waals surface area contributed by atoms with Gasteiger partial charge in [-0.05, 0) is 74.3 Å². The van der Waals surface area contributed by atoms with Crippen molar-refractivity contribution in [2.24, 2.45) is 5.92 Å². The molecule has 1 N–H and O–H groups in total. The summed E-state index contributed by atoms with van der Waals surface area (Å²) in [4.78, 5) is 28.7. The van der Waals surface area contributed by atoms with Gasteiger partial charge in [0.25, 0.3) is 0 Å². The number of aromatic nitrogens is 1. The summed E-state index contributed by atoms with van der Waals surface area (Å²) in [6.07, 6.45) is 6.77. The third kappa shape index (κ3) is 4.45. The molecule has 0 aliphatic heterocycles. The fourth-order valence-electron chi connectivity index (χ4n) is 4.80. The SMILES string of the molecule is Cc1ccc(NC(=O)C(BC=O)C2CCC(c3ccnc4ccccc34)CC2)cc1. The maximum atomic E-state index is 12.9. The summed E-state index contributed by atoms with van der Waals surface area (Å²) in [7, 11) is 0.283. The number of hydrogen-bond acceptors (Lipinski definition) is 3. The molecule has 1 heterocycles. The second kappa shape index (κ2) is 9.25. The van der Waals surface area contributed by atoms with E-state index in [1.807, 2.05) is 43.5 Å². The molecule has 3 aromatic rings. The molecule has 1 saturated carbocycles. The van der Waals surface area contributed by atoms with Crippen LogP contribution in [0.15, 0.2) is 60.8 Å². The molecule has 1 aromatic heterocycles. The number of nitrogens with one attached hydrogen (secondary N) is 1. The summed E-state index contributed by atoms with van der Waals surface area (Å²) in [5.41, 5.74) is 4.33. The molecule has 2 aromatic carbocycles. The van der Waals surface area contributed by atoms with Gasteiger partial charge in [0.1, 0.15) is 0 Å². The van der Waals surface area contributed by atoms with E-state index in [9.17, 15) is 9.59 Å². The van der Waals surface area contributed by atoms with Gasteiger partial charge in [-0.2, -0.15) is 0 Å². The van der Waals surface area contributed by atoms with Crippen molar-refractivity contribution < 1.29 is 9.59 Å². The molecular weight excluding hydrogens is 371 g/mol. The Morgan fingerprint density at radius 3 is 2.53 bits per heavy atom. The van der Waals surface area contributed by atoms with E-state index in [2.05, 4.69) is 34.6 Å². The van der Waals surface area contributed by atoms with Gasteiger partial charge in [0.05, 0.1) is 11.7 Å². The lowest BCUT2D eigenvalue weighted by atomic mass is 9.56. The monoisotopic (exact) mass is 398 g/mol. The first kappa shape index (κ1) is 20.3.